The number of aryl methyl sites for hydroxylation is 1. The van der Waals surface area contributed by atoms with Crippen LogP contribution in [0.1, 0.15) is 81.3 Å². The van der Waals surface area contributed by atoms with Gasteiger partial charge in [0.15, 0.2) is 0 Å². The number of hydrogen-bond acceptors (Lipinski definition) is 3. The van der Waals surface area contributed by atoms with Crippen LogP contribution in [-0.2, 0) is 12.8 Å². The normalized spacial score (nSPS) is 15.5. The number of likely N-dealkylation sites (tertiary alicyclic amines) is 1. The molecule has 31 heavy (non-hydrogen) atoms. The Morgan fingerprint density at radius 3 is 2.42 bits per heavy atom. The molecule has 0 aromatic heterocycles. The molecule has 6 heteroatoms. The Balaban J connectivity index is 2.30. The number of amides is 1. The molecule has 1 aromatic rings. The number of carbonyl (C=O) groups excluding carboxylic acids is 1. The highest BCUT2D eigenvalue weighted by molar-refractivity contribution is 5.99. The molecule has 172 valence electrons. The molecule has 0 unspecified atom stereocenters. The highest BCUT2D eigenvalue weighted by atomic mass is 19.3. The number of carbonyl (C=O) groups is 1. The molecular formula is C25H35F2NO3. The van der Waals surface area contributed by atoms with E-state index in [0.717, 1.165) is 42.6 Å². The summed E-state index contributed by atoms with van der Waals surface area (Å²) in [5, 5.41) is 21.4. The summed E-state index contributed by atoms with van der Waals surface area (Å²) in [6.07, 6.45) is 9.31. The average Bonchev–Trinajstić information content (AvgIpc) is 2.65. The number of aromatic hydroxyl groups is 2. The minimum Gasteiger partial charge on any atom is -0.508 e. The van der Waals surface area contributed by atoms with E-state index in [1.807, 2.05) is 26.8 Å². The van der Waals surface area contributed by atoms with Crippen LogP contribution in [0.2, 0.25) is 0 Å². The van der Waals surface area contributed by atoms with Crippen molar-refractivity contribution in [3.05, 3.63) is 46.1 Å². The van der Waals surface area contributed by atoms with Crippen LogP contribution in [0.5, 0.6) is 11.5 Å². The molecule has 1 amide bonds. The average molecular weight is 436 g/mol. The zero-order valence-electron chi connectivity index (χ0n) is 19.1. The van der Waals surface area contributed by atoms with Gasteiger partial charge in [-0.25, -0.2) is 8.78 Å². The van der Waals surface area contributed by atoms with E-state index in [4.69, 9.17) is 0 Å². The van der Waals surface area contributed by atoms with Crippen LogP contribution in [0.3, 0.4) is 0 Å². The van der Waals surface area contributed by atoms with Crippen molar-refractivity contribution in [1.29, 1.82) is 0 Å². The van der Waals surface area contributed by atoms with Gasteiger partial charge in [-0.05, 0) is 64.5 Å². The van der Waals surface area contributed by atoms with E-state index in [1.165, 1.54) is 11.6 Å². The number of alkyl halides is 2. The summed E-state index contributed by atoms with van der Waals surface area (Å²) >= 11 is 0. The van der Waals surface area contributed by atoms with Crippen molar-refractivity contribution in [3.8, 4) is 11.5 Å². The molecule has 0 aliphatic carbocycles. The zero-order valence-corrected chi connectivity index (χ0v) is 19.1. The van der Waals surface area contributed by atoms with E-state index in [-0.39, 0.29) is 29.0 Å². The number of phenols is 2. The highest BCUT2D eigenvalue weighted by Gasteiger charge is 2.47. The van der Waals surface area contributed by atoms with E-state index >= 15 is 0 Å². The summed E-state index contributed by atoms with van der Waals surface area (Å²) in [5.74, 6) is -3.83. The minimum absolute atomic E-state index is 0.0509. The Kier molecular flexibility index (Phi) is 8.66. The number of phenolic OH excluding ortho intramolecular Hbond substituents is 2. The number of unbranched alkanes of at least 4 members (excludes halogenated alkanes) is 2. The Morgan fingerprint density at radius 1 is 1.16 bits per heavy atom. The maximum Gasteiger partial charge on any atom is 0.282 e. The smallest absolute Gasteiger partial charge is 0.282 e. The SMILES string of the molecule is CCCCCc1cc(O)c(C/C=C(\C)CCC=C(C)C)c(O)c1C(=O)N1CC(F)(F)C1. The third-order valence-corrected chi connectivity index (χ3v) is 5.60. The van der Waals surface area contributed by atoms with Crippen LogP contribution in [0.4, 0.5) is 8.78 Å². The van der Waals surface area contributed by atoms with Crippen LogP contribution < -0.4 is 0 Å². The molecule has 0 atom stereocenters. The van der Waals surface area contributed by atoms with Gasteiger partial charge in [-0.3, -0.25) is 4.79 Å². The van der Waals surface area contributed by atoms with Crippen molar-refractivity contribution >= 4 is 5.91 Å². The van der Waals surface area contributed by atoms with Gasteiger partial charge in [0, 0.05) is 5.56 Å². The second-order valence-electron chi connectivity index (χ2n) is 8.81. The van der Waals surface area contributed by atoms with Crippen LogP contribution in [0, 0.1) is 0 Å². The first-order chi connectivity index (χ1) is 14.6. The van der Waals surface area contributed by atoms with Crippen molar-refractivity contribution in [3.63, 3.8) is 0 Å². The van der Waals surface area contributed by atoms with Crippen molar-refractivity contribution in [1.82, 2.24) is 4.90 Å². The molecule has 1 heterocycles. The Morgan fingerprint density at radius 2 is 1.84 bits per heavy atom. The summed E-state index contributed by atoms with van der Waals surface area (Å²) in [4.78, 5) is 14.0. The molecule has 1 fully saturated rings. The first-order valence-electron chi connectivity index (χ1n) is 11.1. The quantitative estimate of drug-likeness (QED) is 0.342. The largest absolute Gasteiger partial charge is 0.508 e. The number of halogens is 2. The van der Waals surface area contributed by atoms with Crippen molar-refractivity contribution < 1.29 is 23.8 Å². The summed E-state index contributed by atoms with van der Waals surface area (Å²) in [5.41, 5.74) is 3.18. The molecule has 1 aromatic carbocycles. The van der Waals surface area contributed by atoms with Crippen LogP contribution in [0.25, 0.3) is 0 Å². The van der Waals surface area contributed by atoms with Gasteiger partial charge >= 0.3 is 0 Å². The number of benzene rings is 1. The van der Waals surface area contributed by atoms with Gasteiger partial charge in [0.25, 0.3) is 11.8 Å². The molecule has 0 bridgehead atoms. The number of rotatable bonds is 10. The summed E-state index contributed by atoms with van der Waals surface area (Å²) < 4.78 is 26.6. The maximum atomic E-state index is 13.3. The van der Waals surface area contributed by atoms with Gasteiger partial charge < -0.3 is 15.1 Å². The Labute approximate surface area is 184 Å². The topological polar surface area (TPSA) is 60.8 Å². The van der Waals surface area contributed by atoms with E-state index < -0.39 is 24.9 Å². The van der Waals surface area contributed by atoms with E-state index in [9.17, 15) is 23.8 Å². The molecular weight excluding hydrogens is 400 g/mol. The lowest BCUT2D eigenvalue weighted by Gasteiger charge is -2.39. The molecule has 2 N–H and O–H groups in total. The molecule has 0 radical (unpaired) electrons. The molecule has 4 nitrogen and oxygen atoms in total. The first-order valence-corrected chi connectivity index (χ1v) is 11.1. The summed E-state index contributed by atoms with van der Waals surface area (Å²) in [6, 6.07) is 1.52. The van der Waals surface area contributed by atoms with Gasteiger partial charge in [0.05, 0.1) is 18.7 Å². The van der Waals surface area contributed by atoms with Crippen LogP contribution in [-0.4, -0.2) is 40.0 Å². The predicted octanol–water partition coefficient (Wildman–Crippen LogP) is 6.16. The standard InChI is InChI=1S/C25H35F2NO3/c1-5-6-7-11-19-14-21(29)20(13-12-18(4)10-8-9-17(2)3)23(30)22(19)24(31)28-15-25(26,27)16-28/h9,12,14,29-30H,5-8,10-11,13,15-16H2,1-4H3/b18-12+. The second-order valence-corrected chi connectivity index (χ2v) is 8.81. The number of allylic oxidation sites excluding steroid dienone is 4. The lowest BCUT2D eigenvalue weighted by molar-refractivity contribution is -0.113. The van der Waals surface area contributed by atoms with E-state index in [1.54, 1.807) is 0 Å². The monoisotopic (exact) mass is 435 g/mol. The Hall–Kier alpha value is -2.37. The van der Waals surface area contributed by atoms with Gasteiger partial charge in [-0.2, -0.15) is 0 Å². The van der Waals surface area contributed by atoms with Gasteiger partial charge in [-0.15, -0.1) is 0 Å². The maximum absolute atomic E-state index is 13.3. The van der Waals surface area contributed by atoms with Crippen molar-refractivity contribution in [2.75, 3.05) is 13.1 Å². The first kappa shape index (κ1) is 24.9. The fourth-order valence-electron chi connectivity index (χ4n) is 3.73. The van der Waals surface area contributed by atoms with E-state index in [0.29, 0.717) is 12.0 Å². The summed E-state index contributed by atoms with van der Waals surface area (Å²) in [6.45, 7) is 6.85. The van der Waals surface area contributed by atoms with Crippen LogP contribution >= 0.6 is 0 Å². The van der Waals surface area contributed by atoms with Gasteiger partial charge in [0.1, 0.15) is 11.5 Å². The molecule has 0 saturated carbocycles. The lowest BCUT2D eigenvalue weighted by Crippen LogP contribution is -2.58. The third-order valence-electron chi connectivity index (χ3n) is 5.60. The fourth-order valence-corrected chi connectivity index (χ4v) is 3.73. The molecule has 1 aliphatic heterocycles. The zero-order chi connectivity index (χ0) is 23.2. The summed E-state index contributed by atoms with van der Waals surface area (Å²) in [7, 11) is 0. The van der Waals surface area contributed by atoms with Crippen LogP contribution in [0.15, 0.2) is 29.4 Å². The molecule has 1 saturated heterocycles. The molecule has 0 spiro atoms. The van der Waals surface area contributed by atoms with Gasteiger partial charge in [0.2, 0.25) is 0 Å². The third kappa shape index (κ3) is 6.81. The number of hydrogen-bond donors (Lipinski definition) is 2. The second kappa shape index (κ2) is 10.8. The molecule has 1 aliphatic rings. The Bertz CT molecular complexity index is 847. The molecule has 2 rings (SSSR count). The highest BCUT2D eigenvalue weighted by Crippen LogP contribution is 2.38. The number of nitrogens with zero attached hydrogens (tertiary/aromatic N) is 1. The van der Waals surface area contributed by atoms with Crippen molar-refractivity contribution in [2.24, 2.45) is 0 Å². The predicted molar refractivity (Wildman–Crippen MR) is 120 cm³/mol. The van der Waals surface area contributed by atoms with Gasteiger partial charge in [-0.1, -0.05) is 43.1 Å². The van der Waals surface area contributed by atoms with E-state index in [2.05, 4.69) is 13.0 Å². The van der Waals surface area contributed by atoms with Crippen molar-refractivity contribution in [2.45, 2.75) is 78.6 Å². The fraction of sp³-hybridized carbons (Fsp3) is 0.560. The lowest BCUT2D eigenvalue weighted by atomic mass is 9.93. The minimum atomic E-state index is -2.88.